The average molecular weight is 518 g/mol. The second-order valence-corrected chi connectivity index (χ2v) is 9.55. The van der Waals surface area contributed by atoms with Gasteiger partial charge in [-0.3, -0.25) is 9.80 Å². The fourth-order valence-electron chi connectivity index (χ4n) is 4.66. The van der Waals surface area contributed by atoms with Crippen LogP contribution in [0.4, 0.5) is 9.59 Å². The molecule has 4 amide bonds. The van der Waals surface area contributed by atoms with E-state index in [-0.39, 0.29) is 30.8 Å². The third kappa shape index (κ3) is 6.46. The van der Waals surface area contributed by atoms with Crippen molar-refractivity contribution in [3.05, 3.63) is 35.0 Å². The summed E-state index contributed by atoms with van der Waals surface area (Å²) >= 11 is 0. The molecule has 0 spiro atoms. The van der Waals surface area contributed by atoms with Gasteiger partial charge in [-0.15, -0.1) is 0 Å². The van der Waals surface area contributed by atoms with Crippen LogP contribution in [-0.2, 0) is 9.53 Å². The van der Waals surface area contributed by atoms with E-state index in [2.05, 4.69) is 15.5 Å². The van der Waals surface area contributed by atoms with Crippen LogP contribution in [0.1, 0.15) is 39.3 Å². The molecule has 37 heavy (non-hydrogen) atoms. The minimum absolute atomic E-state index is 0.0414. The molecule has 0 saturated carbocycles. The second-order valence-electron chi connectivity index (χ2n) is 9.55. The smallest absolute Gasteiger partial charge is 0.338 e. The topological polar surface area (TPSA) is 113 Å². The van der Waals surface area contributed by atoms with Crippen LogP contribution in [0.3, 0.4) is 0 Å². The first kappa shape index (κ1) is 28.1. The quantitative estimate of drug-likeness (QED) is 0.509. The van der Waals surface area contributed by atoms with E-state index in [1.807, 2.05) is 25.7 Å². The predicted molar refractivity (Wildman–Crippen MR) is 139 cm³/mol. The summed E-state index contributed by atoms with van der Waals surface area (Å²) in [4.78, 5) is 44.4. The summed E-state index contributed by atoms with van der Waals surface area (Å²) in [5, 5.41) is 5.88. The van der Waals surface area contributed by atoms with Gasteiger partial charge in [-0.2, -0.15) is 0 Å². The number of nitrogens with zero attached hydrogens (tertiary/aromatic N) is 3. The summed E-state index contributed by atoms with van der Waals surface area (Å²) < 4.78 is 16.3. The standard InChI is InChI=1S/C26H39N5O6/c1-8-37-24(32)22-21(15-30-9-10-31(17(4)14-30)26(34)27-16(2)3)29(5)25(33)28-23(22)18-11-19(35-6)13-20(12-18)36-7/h11-13,16-17,23H,8-10,14-15H2,1-7H3,(H,27,34)(H,28,33). The van der Waals surface area contributed by atoms with Gasteiger partial charge in [0, 0.05) is 57.1 Å². The molecule has 2 N–H and O–H groups in total. The first-order chi connectivity index (χ1) is 17.6. The number of methoxy groups -OCH3 is 2. The van der Waals surface area contributed by atoms with Crippen molar-refractivity contribution in [2.45, 2.75) is 45.8 Å². The van der Waals surface area contributed by atoms with Crippen molar-refractivity contribution in [1.82, 2.24) is 25.3 Å². The number of likely N-dealkylation sites (N-methyl/N-ethyl adjacent to an activating group) is 1. The minimum Gasteiger partial charge on any atom is -0.497 e. The van der Waals surface area contributed by atoms with Gasteiger partial charge < -0.3 is 29.7 Å². The molecule has 204 valence electrons. The lowest BCUT2D eigenvalue weighted by atomic mass is 9.93. The van der Waals surface area contributed by atoms with Crippen molar-refractivity contribution >= 4 is 18.0 Å². The highest BCUT2D eigenvalue weighted by Gasteiger charge is 2.38. The molecule has 2 atom stereocenters. The maximum Gasteiger partial charge on any atom is 0.338 e. The lowest BCUT2D eigenvalue weighted by Gasteiger charge is -2.42. The normalized spacial score (nSPS) is 20.6. The molecule has 1 fully saturated rings. The van der Waals surface area contributed by atoms with Crippen LogP contribution in [0.2, 0.25) is 0 Å². The van der Waals surface area contributed by atoms with Crippen LogP contribution >= 0.6 is 0 Å². The first-order valence-electron chi connectivity index (χ1n) is 12.6. The molecule has 3 rings (SSSR count). The van der Waals surface area contributed by atoms with Gasteiger partial charge in [-0.1, -0.05) is 0 Å². The molecular formula is C26H39N5O6. The van der Waals surface area contributed by atoms with Gasteiger partial charge in [0.05, 0.1) is 32.4 Å². The Kier molecular flexibility index (Phi) is 9.25. The summed E-state index contributed by atoms with van der Waals surface area (Å²) in [6.45, 7) is 9.88. The van der Waals surface area contributed by atoms with Gasteiger partial charge in [0.25, 0.3) is 0 Å². The number of hydrogen-bond acceptors (Lipinski definition) is 7. The number of urea groups is 2. The lowest BCUT2D eigenvalue weighted by Crippen LogP contribution is -2.58. The fourth-order valence-corrected chi connectivity index (χ4v) is 4.66. The summed E-state index contributed by atoms with van der Waals surface area (Å²) in [5.74, 6) is 0.577. The van der Waals surface area contributed by atoms with E-state index in [1.165, 1.54) is 4.90 Å². The number of piperazine rings is 1. The van der Waals surface area contributed by atoms with Crippen molar-refractivity contribution in [2.24, 2.45) is 0 Å². The van der Waals surface area contributed by atoms with Crippen LogP contribution in [-0.4, -0.2) is 98.9 Å². The van der Waals surface area contributed by atoms with Gasteiger partial charge in [0.1, 0.15) is 11.5 Å². The Morgan fingerprint density at radius 1 is 1.14 bits per heavy atom. The van der Waals surface area contributed by atoms with E-state index >= 15 is 0 Å². The number of carbonyl (C=O) groups excluding carboxylic acids is 3. The SMILES string of the molecule is CCOC(=O)C1=C(CN2CCN(C(=O)NC(C)C)C(C)C2)N(C)C(=O)NC1c1cc(OC)cc(OC)c1. The van der Waals surface area contributed by atoms with Gasteiger partial charge in [-0.25, -0.2) is 14.4 Å². The Hall–Kier alpha value is -3.47. The Morgan fingerprint density at radius 2 is 1.78 bits per heavy atom. The van der Waals surface area contributed by atoms with Crippen molar-refractivity contribution in [2.75, 3.05) is 54.1 Å². The number of benzene rings is 1. The van der Waals surface area contributed by atoms with Crippen LogP contribution in [0.25, 0.3) is 0 Å². The second kappa shape index (κ2) is 12.2. The Morgan fingerprint density at radius 3 is 2.32 bits per heavy atom. The van der Waals surface area contributed by atoms with E-state index in [0.717, 1.165) is 0 Å². The number of amides is 4. The molecule has 1 aromatic rings. The zero-order valence-corrected chi connectivity index (χ0v) is 22.8. The number of carbonyl (C=O) groups is 3. The average Bonchev–Trinajstić information content (AvgIpc) is 2.85. The lowest BCUT2D eigenvalue weighted by molar-refractivity contribution is -0.139. The Balaban J connectivity index is 1.97. The molecule has 0 aromatic heterocycles. The first-order valence-corrected chi connectivity index (χ1v) is 12.6. The number of ether oxygens (including phenoxy) is 3. The van der Waals surface area contributed by atoms with Crippen molar-refractivity contribution in [1.29, 1.82) is 0 Å². The van der Waals surface area contributed by atoms with Gasteiger partial charge in [-0.05, 0) is 45.4 Å². The third-order valence-corrected chi connectivity index (χ3v) is 6.54. The highest BCUT2D eigenvalue weighted by molar-refractivity contribution is 5.95. The van der Waals surface area contributed by atoms with Crippen LogP contribution in [0.5, 0.6) is 11.5 Å². The molecule has 1 aromatic carbocycles. The van der Waals surface area contributed by atoms with E-state index in [1.54, 1.807) is 46.4 Å². The summed E-state index contributed by atoms with van der Waals surface area (Å²) in [5.41, 5.74) is 1.55. The van der Waals surface area contributed by atoms with Crippen molar-refractivity contribution in [3.63, 3.8) is 0 Å². The van der Waals surface area contributed by atoms with Crippen molar-refractivity contribution in [3.8, 4) is 11.5 Å². The predicted octanol–water partition coefficient (Wildman–Crippen LogP) is 2.34. The highest BCUT2D eigenvalue weighted by Crippen LogP contribution is 2.35. The zero-order valence-electron chi connectivity index (χ0n) is 22.8. The number of rotatable bonds is 8. The summed E-state index contributed by atoms with van der Waals surface area (Å²) in [6, 6.07) is 4.10. The Bertz CT molecular complexity index is 1020. The van der Waals surface area contributed by atoms with Gasteiger partial charge in [0.15, 0.2) is 0 Å². The molecule has 11 heteroatoms. The number of nitrogens with one attached hydrogen (secondary N) is 2. The molecule has 0 bridgehead atoms. The molecule has 2 aliphatic heterocycles. The third-order valence-electron chi connectivity index (χ3n) is 6.54. The van der Waals surface area contributed by atoms with Crippen LogP contribution in [0.15, 0.2) is 29.5 Å². The zero-order chi connectivity index (χ0) is 27.3. The monoisotopic (exact) mass is 517 g/mol. The maximum absolute atomic E-state index is 13.3. The van der Waals surface area contributed by atoms with Crippen LogP contribution in [0, 0.1) is 0 Å². The molecule has 0 radical (unpaired) electrons. The van der Waals surface area contributed by atoms with Crippen molar-refractivity contribution < 1.29 is 28.6 Å². The summed E-state index contributed by atoms with van der Waals surface area (Å²) in [6.07, 6.45) is 0. The van der Waals surface area contributed by atoms with Gasteiger partial charge >= 0.3 is 18.0 Å². The van der Waals surface area contributed by atoms with Gasteiger partial charge in [0.2, 0.25) is 0 Å². The number of esters is 1. The van der Waals surface area contributed by atoms with E-state index in [4.69, 9.17) is 14.2 Å². The Labute approximate surface area is 218 Å². The minimum atomic E-state index is -0.753. The highest BCUT2D eigenvalue weighted by atomic mass is 16.5. The molecular weight excluding hydrogens is 478 g/mol. The molecule has 11 nitrogen and oxygen atoms in total. The van der Waals surface area contributed by atoms with E-state index < -0.39 is 12.0 Å². The molecule has 0 aliphatic carbocycles. The molecule has 2 aliphatic rings. The molecule has 2 unspecified atom stereocenters. The van der Waals surface area contributed by atoms with E-state index in [9.17, 15) is 14.4 Å². The van der Waals surface area contributed by atoms with Crippen LogP contribution < -0.4 is 20.1 Å². The molecule has 2 heterocycles. The number of hydrogen-bond donors (Lipinski definition) is 2. The maximum atomic E-state index is 13.3. The molecule has 1 saturated heterocycles. The van der Waals surface area contributed by atoms with E-state index in [0.29, 0.717) is 54.5 Å². The largest absolute Gasteiger partial charge is 0.497 e. The summed E-state index contributed by atoms with van der Waals surface area (Å²) in [7, 11) is 4.73. The fraction of sp³-hybridized carbons (Fsp3) is 0.577.